The fraction of sp³-hybridized carbons (Fsp3) is 0.812. The van der Waals surface area contributed by atoms with Crippen molar-refractivity contribution in [1.82, 2.24) is 25.4 Å². The molecule has 1 aliphatic carbocycles. The molecule has 23 heavy (non-hydrogen) atoms. The van der Waals surface area contributed by atoms with E-state index < -0.39 is 0 Å². The molecular weight excluding hydrogens is 292 g/mol. The summed E-state index contributed by atoms with van der Waals surface area (Å²) in [6.45, 7) is 3.48. The van der Waals surface area contributed by atoms with Crippen LogP contribution in [-0.4, -0.2) is 48.0 Å². The van der Waals surface area contributed by atoms with E-state index in [1.165, 1.54) is 25.7 Å². The average Bonchev–Trinajstić information content (AvgIpc) is 3.12. The third kappa shape index (κ3) is 3.65. The van der Waals surface area contributed by atoms with Crippen molar-refractivity contribution in [2.75, 3.05) is 27.3 Å². The van der Waals surface area contributed by atoms with E-state index in [4.69, 9.17) is 4.74 Å². The zero-order valence-corrected chi connectivity index (χ0v) is 14.3. The van der Waals surface area contributed by atoms with Gasteiger partial charge in [0, 0.05) is 40.3 Å². The number of rotatable bonds is 7. The summed E-state index contributed by atoms with van der Waals surface area (Å²) in [7, 11) is 3.59. The number of nitrogens with zero attached hydrogens (tertiary/aromatic N) is 4. The summed E-state index contributed by atoms with van der Waals surface area (Å²) in [4.78, 5) is 4.33. The molecule has 0 amide bonds. The Balaban J connectivity index is 1.48. The van der Waals surface area contributed by atoms with Crippen LogP contribution < -0.4 is 10.6 Å². The Morgan fingerprint density at radius 3 is 2.87 bits per heavy atom. The molecule has 3 rings (SSSR count). The number of nitrogens with one attached hydrogen (secondary N) is 2. The van der Waals surface area contributed by atoms with Crippen molar-refractivity contribution in [2.45, 2.75) is 51.6 Å². The second kappa shape index (κ2) is 7.29. The maximum atomic E-state index is 5.25. The van der Waals surface area contributed by atoms with E-state index in [1.807, 2.05) is 7.05 Å². The van der Waals surface area contributed by atoms with Gasteiger partial charge >= 0.3 is 0 Å². The molecule has 0 atom stereocenters. The van der Waals surface area contributed by atoms with Crippen molar-refractivity contribution in [3.8, 4) is 0 Å². The Labute approximate surface area is 137 Å². The summed E-state index contributed by atoms with van der Waals surface area (Å²) in [5.41, 5.74) is 0.379. The molecule has 0 unspecified atom stereocenters. The predicted molar refractivity (Wildman–Crippen MR) is 89.3 cm³/mol. The molecule has 1 aromatic rings. The van der Waals surface area contributed by atoms with Crippen molar-refractivity contribution in [2.24, 2.45) is 10.4 Å². The van der Waals surface area contributed by atoms with E-state index >= 15 is 0 Å². The lowest BCUT2D eigenvalue weighted by atomic mass is 9.67. The van der Waals surface area contributed by atoms with Crippen LogP contribution in [0.4, 0.5) is 0 Å². The summed E-state index contributed by atoms with van der Waals surface area (Å²) < 4.78 is 7.47. The monoisotopic (exact) mass is 320 g/mol. The van der Waals surface area contributed by atoms with Crippen LogP contribution in [0, 0.1) is 5.41 Å². The summed E-state index contributed by atoms with van der Waals surface area (Å²) in [6, 6.07) is 0. The van der Waals surface area contributed by atoms with Gasteiger partial charge in [-0.15, -0.1) is 10.2 Å². The van der Waals surface area contributed by atoms with Crippen molar-refractivity contribution < 1.29 is 4.74 Å². The zero-order chi connectivity index (χ0) is 16.1. The van der Waals surface area contributed by atoms with Crippen molar-refractivity contribution >= 4 is 5.96 Å². The molecule has 128 valence electrons. The molecule has 7 heteroatoms. The van der Waals surface area contributed by atoms with Crippen LogP contribution in [0.5, 0.6) is 0 Å². The topological polar surface area (TPSA) is 76.4 Å². The lowest BCUT2D eigenvalue weighted by Crippen LogP contribution is -2.46. The minimum Gasteiger partial charge on any atom is -0.385 e. The molecule has 0 radical (unpaired) electrons. The molecule has 2 N–H and O–H groups in total. The van der Waals surface area contributed by atoms with E-state index in [9.17, 15) is 0 Å². The third-order valence-corrected chi connectivity index (χ3v) is 5.21. The van der Waals surface area contributed by atoms with Crippen LogP contribution in [0.25, 0.3) is 0 Å². The lowest BCUT2D eigenvalue weighted by molar-refractivity contribution is 0.0732. The van der Waals surface area contributed by atoms with E-state index in [0.29, 0.717) is 12.0 Å². The predicted octanol–water partition coefficient (Wildman–Crippen LogP) is 1.10. The van der Waals surface area contributed by atoms with Gasteiger partial charge in [0.05, 0.1) is 6.54 Å². The zero-order valence-electron chi connectivity index (χ0n) is 14.3. The van der Waals surface area contributed by atoms with Gasteiger partial charge in [-0.25, -0.2) is 0 Å². The number of aliphatic imine (C=N–C) groups is 1. The fourth-order valence-corrected chi connectivity index (χ4v) is 3.51. The van der Waals surface area contributed by atoms with E-state index in [1.54, 1.807) is 7.11 Å². The number of methoxy groups -OCH3 is 1. The highest BCUT2D eigenvalue weighted by molar-refractivity contribution is 5.79. The Morgan fingerprint density at radius 1 is 1.30 bits per heavy atom. The van der Waals surface area contributed by atoms with Gasteiger partial charge in [-0.1, -0.05) is 6.42 Å². The standard InChI is InChI=1S/C16H28N6O/c1-17-15(19-12-16(6-4-7-16)8-10-23-2)18-11-14-21-20-13-5-3-9-22(13)14/h3-12H2,1-2H3,(H2,17,18,19). The molecule has 1 fully saturated rings. The highest BCUT2D eigenvalue weighted by Crippen LogP contribution is 2.43. The van der Waals surface area contributed by atoms with Crippen LogP contribution in [-0.2, 0) is 24.2 Å². The van der Waals surface area contributed by atoms with Crippen LogP contribution in [0.15, 0.2) is 4.99 Å². The minimum absolute atomic E-state index is 0.379. The maximum absolute atomic E-state index is 5.25. The molecule has 0 aromatic carbocycles. The highest BCUT2D eigenvalue weighted by Gasteiger charge is 2.36. The molecule has 2 aliphatic rings. The number of guanidine groups is 1. The van der Waals surface area contributed by atoms with E-state index in [-0.39, 0.29) is 0 Å². The van der Waals surface area contributed by atoms with Gasteiger partial charge in [0.1, 0.15) is 5.82 Å². The Hall–Kier alpha value is -1.63. The molecule has 0 bridgehead atoms. The van der Waals surface area contributed by atoms with E-state index in [0.717, 1.165) is 50.1 Å². The molecule has 0 saturated heterocycles. The molecule has 2 heterocycles. The quantitative estimate of drug-likeness (QED) is 0.581. The summed E-state index contributed by atoms with van der Waals surface area (Å²) in [5, 5.41) is 15.4. The fourth-order valence-electron chi connectivity index (χ4n) is 3.51. The molecule has 1 aromatic heterocycles. The molecule has 7 nitrogen and oxygen atoms in total. The van der Waals surface area contributed by atoms with Gasteiger partial charge in [-0.3, -0.25) is 4.99 Å². The van der Waals surface area contributed by atoms with Crippen LogP contribution in [0.3, 0.4) is 0 Å². The number of aromatic nitrogens is 3. The molecular formula is C16H28N6O. The third-order valence-electron chi connectivity index (χ3n) is 5.21. The maximum Gasteiger partial charge on any atom is 0.191 e. The van der Waals surface area contributed by atoms with Gasteiger partial charge in [-0.05, 0) is 31.1 Å². The van der Waals surface area contributed by atoms with Gasteiger partial charge in [0.25, 0.3) is 0 Å². The van der Waals surface area contributed by atoms with Crippen LogP contribution in [0.2, 0.25) is 0 Å². The first-order chi connectivity index (χ1) is 11.3. The second-order valence-electron chi connectivity index (χ2n) is 6.66. The van der Waals surface area contributed by atoms with Crippen LogP contribution in [0.1, 0.15) is 43.8 Å². The summed E-state index contributed by atoms with van der Waals surface area (Å²) in [6.07, 6.45) is 7.21. The summed E-state index contributed by atoms with van der Waals surface area (Å²) in [5.74, 6) is 2.94. The first-order valence-corrected chi connectivity index (χ1v) is 8.61. The number of ether oxygens (including phenoxy) is 1. The molecule has 1 saturated carbocycles. The second-order valence-corrected chi connectivity index (χ2v) is 6.66. The normalized spacial score (nSPS) is 19.3. The van der Waals surface area contributed by atoms with Gasteiger partial charge in [-0.2, -0.15) is 0 Å². The Morgan fingerprint density at radius 2 is 2.17 bits per heavy atom. The molecule has 1 aliphatic heterocycles. The SMILES string of the molecule is CN=C(NCc1nnc2n1CCC2)NCC1(CCOC)CCC1. The first-order valence-electron chi connectivity index (χ1n) is 8.61. The first kappa shape index (κ1) is 16.2. The molecule has 0 spiro atoms. The van der Waals surface area contributed by atoms with Gasteiger partial charge in [0.2, 0.25) is 0 Å². The number of fused-ring (bicyclic) bond motifs is 1. The van der Waals surface area contributed by atoms with Crippen molar-refractivity contribution in [1.29, 1.82) is 0 Å². The van der Waals surface area contributed by atoms with Crippen LogP contribution >= 0.6 is 0 Å². The number of hydrogen-bond donors (Lipinski definition) is 2. The summed E-state index contributed by atoms with van der Waals surface area (Å²) >= 11 is 0. The Bertz CT molecular complexity index is 549. The van der Waals surface area contributed by atoms with Crippen molar-refractivity contribution in [3.05, 3.63) is 11.6 Å². The Kier molecular flexibility index (Phi) is 5.15. The average molecular weight is 320 g/mol. The largest absolute Gasteiger partial charge is 0.385 e. The number of aryl methyl sites for hydroxylation is 1. The smallest absolute Gasteiger partial charge is 0.191 e. The van der Waals surface area contributed by atoms with Gasteiger partial charge in [0.15, 0.2) is 11.8 Å². The number of hydrogen-bond acceptors (Lipinski definition) is 4. The van der Waals surface area contributed by atoms with Gasteiger partial charge < -0.3 is 19.9 Å². The lowest BCUT2D eigenvalue weighted by Gasteiger charge is -2.42. The highest BCUT2D eigenvalue weighted by atomic mass is 16.5. The van der Waals surface area contributed by atoms with E-state index in [2.05, 4.69) is 30.4 Å². The minimum atomic E-state index is 0.379. The van der Waals surface area contributed by atoms with Crippen molar-refractivity contribution in [3.63, 3.8) is 0 Å².